The molecule has 2 rings (SSSR count). The van der Waals surface area contributed by atoms with Gasteiger partial charge in [-0.25, -0.2) is 0 Å². The number of ether oxygens (including phenoxy) is 2. The standard InChI is InChI=1S/C23H35ClN2O4/c1-15-9-11-18(12-10-15)22(26(20(27)13-24)14-21(29-4)30-5)23(28)25-19-8-6-7-16(2)17(19)3/h9-12,16-17,19,21-22H,6-8,13-14H2,1-5H3,(H,25,28)/t16-,17-,19-,22+/m1/s1. The Bertz CT molecular complexity index is 693. The van der Waals surface area contributed by atoms with Crippen LogP contribution in [0.5, 0.6) is 0 Å². The molecule has 0 aromatic heterocycles. The molecule has 6 nitrogen and oxygen atoms in total. The summed E-state index contributed by atoms with van der Waals surface area (Å²) in [6, 6.07) is 6.92. The van der Waals surface area contributed by atoms with E-state index in [-0.39, 0.29) is 30.3 Å². The molecule has 0 unspecified atom stereocenters. The lowest BCUT2D eigenvalue weighted by Crippen LogP contribution is -2.51. The van der Waals surface area contributed by atoms with Crippen LogP contribution in [0.25, 0.3) is 0 Å². The van der Waals surface area contributed by atoms with E-state index in [4.69, 9.17) is 21.1 Å². The molecule has 168 valence electrons. The van der Waals surface area contributed by atoms with Crippen LogP contribution < -0.4 is 5.32 Å². The number of aryl methyl sites for hydroxylation is 1. The maximum atomic E-state index is 13.5. The molecule has 0 aliphatic heterocycles. The van der Waals surface area contributed by atoms with Crippen LogP contribution in [-0.2, 0) is 19.1 Å². The molecule has 1 aliphatic rings. The molecular formula is C23H35ClN2O4. The molecular weight excluding hydrogens is 404 g/mol. The Kier molecular flexibility index (Phi) is 9.59. The number of methoxy groups -OCH3 is 2. The van der Waals surface area contributed by atoms with Gasteiger partial charge in [-0.1, -0.05) is 56.5 Å². The zero-order valence-electron chi connectivity index (χ0n) is 18.7. The van der Waals surface area contributed by atoms with Crippen molar-refractivity contribution in [3.63, 3.8) is 0 Å². The average Bonchev–Trinajstić information content (AvgIpc) is 2.74. The number of rotatable bonds is 9. The van der Waals surface area contributed by atoms with Crippen molar-refractivity contribution in [3.05, 3.63) is 35.4 Å². The first-order chi connectivity index (χ1) is 14.3. The summed E-state index contributed by atoms with van der Waals surface area (Å²) in [5.74, 6) is 0.154. The van der Waals surface area contributed by atoms with E-state index in [1.165, 1.54) is 25.5 Å². The predicted molar refractivity (Wildman–Crippen MR) is 118 cm³/mol. The van der Waals surface area contributed by atoms with Gasteiger partial charge in [0.25, 0.3) is 0 Å². The Morgan fingerprint density at radius 1 is 1.17 bits per heavy atom. The van der Waals surface area contributed by atoms with E-state index >= 15 is 0 Å². The zero-order chi connectivity index (χ0) is 22.3. The Morgan fingerprint density at radius 2 is 1.80 bits per heavy atom. The lowest BCUT2D eigenvalue weighted by Gasteiger charge is -2.38. The number of nitrogens with zero attached hydrogens (tertiary/aromatic N) is 1. The number of carbonyl (C=O) groups excluding carboxylic acids is 2. The fraction of sp³-hybridized carbons (Fsp3) is 0.652. The Morgan fingerprint density at radius 3 is 2.37 bits per heavy atom. The molecule has 30 heavy (non-hydrogen) atoms. The first kappa shape index (κ1) is 24.6. The summed E-state index contributed by atoms with van der Waals surface area (Å²) in [7, 11) is 3.01. The molecule has 7 heteroatoms. The number of alkyl halides is 1. The molecule has 0 radical (unpaired) electrons. The van der Waals surface area contributed by atoms with Gasteiger partial charge in [-0.2, -0.15) is 0 Å². The van der Waals surface area contributed by atoms with E-state index in [1.807, 2.05) is 31.2 Å². The molecule has 1 aromatic carbocycles. The minimum Gasteiger partial charge on any atom is -0.354 e. The third kappa shape index (κ3) is 6.19. The van der Waals surface area contributed by atoms with Crippen molar-refractivity contribution < 1.29 is 19.1 Å². The van der Waals surface area contributed by atoms with Gasteiger partial charge >= 0.3 is 0 Å². The number of carbonyl (C=O) groups is 2. The van der Waals surface area contributed by atoms with Crippen LogP contribution in [0.1, 0.15) is 50.3 Å². The number of amides is 2. The van der Waals surface area contributed by atoms with Crippen LogP contribution >= 0.6 is 11.6 Å². The van der Waals surface area contributed by atoms with Crippen molar-refractivity contribution in [2.24, 2.45) is 11.8 Å². The molecule has 1 fully saturated rings. The molecule has 1 aromatic rings. The van der Waals surface area contributed by atoms with Gasteiger partial charge in [0.05, 0.1) is 6.54 Å². The highest BCUT2D eigenvalue weighted by molar-refractivity contribution is 6.27. The first-order valence-corrected chi connectivity index (χ1v) is 11.1. The second kappa shape index (κ2) is 11.7. The summed E-state index contributed by atoms with van der Waals surface area (Å²) >= 11 is 5.91. The summed E-state index contributed by atoms with van der Waals surface area (Å²) in [4.78, 5) is 27.8. The Labute approximate surface area is 185 Å². The van der Waals surface area contributed by atoms with Crippen LogP contribution in [-0.4, -0.2) is 55.7 Å². The van der Waals surface area contributed by atoms with E-state index in [9.17, 15) is 9.59 Å². The predicted octanol–water partition coefficient (Wildman–Crippen LogP) is 3.66. The number of nitrogens with one attached hydrogen (secondary N) is 1. The smallest absolute Gasteiger partial charge is 0.247 e. The number of hydrogen-bond acceptors (Lipinski definition) is 4. The second-order valence-corrected chi connectivity index (χ2v) is 8.54. The lowest BCUT2D eigenvalue weighted by atomic mass is 9.78. The van der Waals surface area contributed by atoms with Crippen molar-refractivity contribution in [3.8, 4) is 0 Å². The zero-order valence-corrected chi connectivity index (χ0v) is 19.4. The summed E-state index contributed by atoms with van der Waals surface area (Å²) in [6.45, 7) is 6.49. The van der Waals surface area contributed by atoms with Gasteiger partial charge in [-0.05, 0) is 30.7 Å². The number of benzene rings is 1. The molecule has 0 bridgehead atoms. The fourth-order valence-electron chi connectivity index (χ4n) is 4.10. The van der Waals surface area contributed by atoms with Crippen LogP contribution in [0.3, 0.4) is 0 Å². The second-order valence-electron chi connectivity index (χ2n) is 8.28. The summed E-state index contributed by atoms with van der Waals surface area (Å²) in [5, 5.41) is 3.22. The largest absolute Gasteiger partial charge is 0.354 e. The van der Waals surface area contributed by atoms with Crippen LogP contribution in [0.4, 0.5) is 0 Å². The van der Waals surface area contributed by atoms with E-state index in [1.54, 1.807) is 0 Å². The number of halogens is 1. The van der Waals surface area contributed by atoms with E-state index < -0.39 is 12.3 Å². The quantitative estimate of drug-likeness (QED) is 0.472. The molecule has 1 saturated carbocycles. The monoisotopic (exact) mass is 438 g/mol. The minimum atomic E-state index is -0.811. The lowest BCUT2D eigenvalue weighted by molar-refractivity contribution is -0.153. The van der Waals surface area contributed by atoms with Crippen molar-refractivity contribution >= 4 is 23.4 Å². The first-order valence-electron chi connectivity index (χ1n) is 10.6. The molecule has 0 heterocycles. The van der Waals surface area contributed by atoms with Gasteiger partial charge in [0.1, 0.15) is 11.9 Å². The van der Waals surface area contributed by atoms with E-state index in [0.717, 1.165) is 24.0 Å². The summed E-state index contributed by atoms with van der Waals surface area (Å²) in [6.07, 6.45) is 2.55. The van der Waals surface area contributed by atoms with Gasteiger partial charge in [-0.3, -0.25) is 9.59 Å². The van der Waals surface area contributed by atoms with Crippen molar-refractivity contribution in [1.29, 1.82) is 0 Å². The van der Waals surface area contributed by atoms with Gasteiger partial charge in [0.2, 0.25) is 11.8 Å². The maximum absolute atomic E-state index is 13.5. The van der Waals surface area contributed by atoms with Gasteiger partial charge < -0.3 is 19.7 Å². The van der Waals surface area contributed by atoms with E-state index in [0.29, 0.717) is 11.8 Å². The van der Waals surface area contributed by atoms with Crippen molar-refractivity contribution in [1.82, 2.24) is 10.2 Å². The highest BCUT2D eigenvalue weighted by Crippen LogP contribution is 2.31. The molecule has 0 spiro atoms. The Balaban J connectivity index is 2.37. The maximum Gasteiger partial charge on any atom is 0.247 e. The molecule has 0 saturated heterocycles. The average molecular weight is 439 g/mol. The Hall–Kier alpha value is -1.63. The normalized spacial score (nSPS) is 22.6. The molecule has 1 aliphatic carbocycles. The van der Waals surface area contributed by atoms with Gasteiger partial charge in [-0.15, -0.1) is 11.6 Å². The highest BCUT2D eigenvalue weighted by Gasteiger charge is 2.36. The summed E-state index contributed by atoms with van der Waals surface area (Å²) < 4.78 is 10.6. The fourth-order valence-corrected chi connectivity index (χ4v) is 4.26. The summed E-state index contributed by atoms with van der Waals surface area (Å²) in [5.41, 5.74) is 1.81. The highest BCUT2D eigenvalue weighted by atomic mass is 35.5. The van der Waals surface area contributed by atoms with E-state index in [2.05, 4.69) is 19.2 Å². The molecule has 1 N–H and O–H groups in total. The van der Waals surface area contributed by atoms with Crippen LogP contribution in [0, 0.1) is 18.8 Å². The third-order valence-corrected chi connectivity index (χ3v) is 6.52. The molecule has 2 amide bonds. The van der Waals surface area contributed by atoms with Crippen molar-refractivity contribution in [2.45, 2.75) is 58.4 Å². The SMILES string of the molecule is COC(CN(C(=O)CCl)[C@H](C(=O)N[C@@H]1CCC[C@@H](C)[C@H]1C)c1ccc(C)cc1)OC. The molecule has 4 atom stereocenters. The van der Waals surface area contributed by atoms with Gasteiger partial charge in [0.15, 0.2) is 6.29 Å². The number of hydrogen-bond donors (Lipinski definition) is 1. The van der Waals surface area contributed by atoms with Crippen molar-refractivity contribution in [2.75, 3.05) is 26.6 Å². The van der Waals surface area contributed by atoms with Crippen LogP contribution in [0.15, 0.2) is 24.3 Å². The van der Waals surface area contributed by atoms with Gasteiger partial charge in [0, 0.05) is 20.3 Å². The minimum absolute atomic E-state index is 0.0859. The topological polar surface area (TPSA) is 67.9 Å². The van der Waals surface area contributed by atoms with Crippen LogP contribution in [0.2, 0.25) is 0 Å². The third-order valence-electron chi connectivity index (χ3n) is 6.29.